The number of benzene rings is 2. The Morgan fingerprint density at radius 2 is 2.11 bits per heavy atom. The van der Waals surface area contributed by atoms with Crippen LogP contribution in [0.3, 0.4) is 0 Å². The third kappa shape index (κ3) is 4.75. The Bertz CT molecular complexity index is 941. The minimum Gasteiger partial charge on any atom is -0.495 e. The third-order valence-electron chi connectivity index (χ3n) is 3.78. The zero-order chi connectivity index (χ0) is 19.2. The number of aromatic nitrogens is 1. The number of anilines is 1. The van der Waals surface area contributed by atoms with E-state index in [4.69, 9.17) is 33.0 Å². The summed E-state index contributed by atoms with van der Waals surface area (Å²) in [5.41, 5.74) is 2.84. The molecule has 2 N–H and O–H groups in total. The lowest BCUT2D eigenvalue weighted by Gasteiger charge is -2.13. The van der Waals surface area contributed by atoms with E-state index < -0.39 is 0 Å². The summed E-state index contributed by atoms with van der Waals surface area (Å²) < 4.78 is 11.2. The third-order valence-corrected chi connectivity index (χ3v) is 4.25. The van der Waals surface area contributed by atoms with Gasteiger partial charge in [0.15, 0.2) is 10.7 Å². The number of ether oxygens (including phenoxy) is 1. The molecule has 0 fully saturated rings. The molecule has 0 aliphatic heterocycles. The van der Waals surface area contributed by atoms with Crippen molar-refractivity contribution in [3.05, 3.63) is 42.5 Å². The maximum atomic E-state index is 11.8. The summed E-state index contributed by atoms with van der Waals surface area (Å²) in [4.78, 5) is 16.3. The van der Waals surface area contributed by atoms with Crippen LogP contribution in [-0.4, -0.2) is 29.0 Å². The van der Waals surface area contributed by atoms with Crippen LogP contribution in [0.25, 0.3) is 22.6 Å². The summed E-state index contributed by atoms with van der Waals surface area (Å²) in [7, 11) is 1.56. The van der Waals surface area contributed by atoms with E-state index in [9.17, 15) is 4.79 Å². The molecule has 0 saturated carbocycles. The van der Waals surface area contributed by atoms with Gasteiger partial charge in [0, 0.05) is 17.9 Å². The quantitative estimate of drug-likeness (QED) is 0.471. The van der Waals surface area contributed by atoms with Crippen LogP contribution in [0.15, 0.2) is 46.9 Å². The first-order chi connectivity index (χ1) is 13.1. The number of methoxy groups -OCH3 is 1. The largest absolute Gasteiger partial charge is 0.495 e. The van der Waals surface area contributed by atoms with E-state index in [0.29, 0.717) is 41.6 Å². The van der Waals surface area contributed by atoms with E-state index in [1.54, 1.807) is 19.2 Å². The van der Waals surface area contributed by atoms with Crippen molar-refractivity contribution in [1.29, 1.82) is 0 Å². The summed E-state index contributed by atoms with van der Waals surface area (Å²) in [5.74, 6) is 1.29. The van der Waals surface area contributed by atoms with E-state index in [1.165, 1.54) is 0 Å². The molecule has 27 heavy (non-hydrogen) atoms. The number of thiocarbonyl (C=S) groups is 1. The average molecular weight is 404 g/mol. The molecular weight excluding hydrogens is 386 g/mol. The van der Waals surface area contributed by atoms with Crippen molar-refractivity contribution >= 4 is 51.6 Å². The highest BCUT2D eigenvalue weighted by Crippen LogP contribution is 2.31. The molecule has 0 unspecified atom stereocenters. The standard InChI is InChI=1S/C19H18ClN3O3S/c1-25-15-9-8-12(18-21-13-5-2-3-6-16(13)26-18)11-14(15)22-19(27)23-17(24)7-4-10-20/h2-3,5-6,8-9,11H,4,7,10H2,1H3,(H2,22,23,24,27). The van der Waals surface area contributed by atoms with Gasteiger partial charge in [0.1, 0.15) is 11.3 Å². The van der Waals surface area contributed by atoms with Gasteiger partial charge >= 0.3 is 0 Å². The average Bonchev–Trinajstić information content (AvgIpc) is 3.10. The highest BCUT2D eigenvalue weighted by Gasteiger charge is 2.13. The maximum absolute atomic E-state index is 11.8. The van der Waals surface area contributed by atoms with E-state index in [-0.39, 0.29) is 11.0 Å². The lowest BCUT2D eigenvalue weighted by Crippen LogP contribution is -2.34. The summed E-state index contributed by atoms with van der Waals surface area (Å²) in [5, 5.41) is 5.79. The van der Waals surface area contributed by atoms with E-state index in [1.807, 2.05) is 30.3 Å². The highest BCUT2D eigenvalue weighted by atomic mass is 35.5. The van der Waals surface area contributed by atoms with Gasteiger partial charge in [0.05, 0.1) is 12.8 Å². The van der Waals surface area contributed by atoms with E-state index in [0.717, 1.165) is 11.1 Å². The van der Waals surface area contributed by atoms with Gasteiger partial charge in [-0.25, -0.2) is 4.98 Å². The summed E-state index contributed by atoms with van der Waals surface area (Å²) in [6, 6.07) is 13.0. The van der Waals surface area contributed by atoms with Crippen molar-refractivity contribution in [2.45, 2.75) is 12.8 Å². The molecule has 1 amide bonds. The first-order valence-corrected chi connectivity index (χ1v) is 9.26. The van der Waals surface area contributed by atoms with Gasteiger partial charge in [0.25, 0.3) is 0 Å². The molecule has 0 atom stereocenters. The lowest BCUT2D eigenvalue weighted by atomic mass is 10.2. The number of rotatable bonds is 6. The fraction of sp³-hybridized carbons (Fsp3) is 0.211. The van der Waals surface area contributed by atoms with Crippen LogP contribution >= 0.6 is 23.8 Å². The predicted octanol–water partition coefficient (Wildman–Crippen LogP) is 4.34. The molecule has 0 bridgehead atoms. The van der Waals surface area contributed by atoms with Crippen LogP contribution < -0.4 is 15.4 Å². The minimum atomic E-state index is -0.192. The normalized spacial score (nSPS) is 10.6. The lowest BCUT2D eigenvalue weighted by molar-refractivity contribution is -0.119. The van der Waals surface area contributed by atoms with Crippen molar-refractivity contribution < 1.29 is 13.9 Å². The van der Waals surface area contributed by atoms with Gasteiger partial charge in [-0.3, -0.25) is 4.79 Å². The Labute approximate surface area is 166 Å². The van der Waals surface area contributed by atoms with Crippen molar-refractivity contribution in [1.82, 2.24) is 10.3 Å². The first-order valence-electron chi connectivity index (χ1n) is 8.31. The SMILES string of the molecule is COc1ccc(-c2nc3ccccc3o2)cc1NC(=S)NC(=O)CCCCl. The Balaban J connectivity index is 1.81. The molecule has 3 rings (SSSR count). The number of oxazole rings is 1. The molecule has 8 heteroatoms. The second kappa shape index (κ2) is 8.83. The Morgan fingerprint density at radius 1 is 1.30 bits per heavy atom. The summed E-state index contributed by atoms with van der Waals surface area (Å²) in [6.45, 7) is 0. The number of alkyl halides is 1. The van der Waals surface area contributed by atoms with Crippen LogP contribution in [0.5, 0.6) is 5.75 Å². The molecule has 0 spiro atoms. The summed E-state index contributed by atoms with van der Waals surface area (Å²) >= 11 is 10.8. The van der Waals surface area contributed by atoms with Crippen LogP contribution in [0.4, 0.5) is 5.69 Å². The van der Waals surface area contributed by atoms with Gasteiger partial charge in [-0.15, -0.1) is 11.6 Å². The molecule has 3 aromatic rings. The Kier molecular flexibility index (Phi) is 6.26. The number of amides is 1. The second-order valence-electron chi connectivity index (χ2n) is 5.70. The Morgan fingerprint density at radius 3 is 2.85 bits per heavy atom. The number of halogens is 1. The molecule has 140 valence electrons. The van der Waals surface area contributed by atoms with Gasteiger partial charge in [-0.05, 0) is 49.0 Å². The van der Waals surface area contributed by atoms with Gasteiger partial charge in [0.2, 0.25) is 11.8 Å². The van der Waals surface area contributed by atoms with Gasteiger partial charge < -0.3 is 19.8 Å². The molecule has 6 nitrogen and oxygen atoms in total. The fourth-order valence-corrected chi connectivity index (χ4v) is 2.86. The van der Waals surface area contributed by atoms with E-state index in [2.05, 4.69) is 15.6 Å². The second-order valence-corrected chi connectivity index (χ2v) is 6.48. The van der Waals surface area contributed by atoms with Crippen LogP contribution in [0, 0.1) is 0 Å². The van der Waals surface area contributed by atoms with Crippen LogP contribution in [0.2, 0.25) is 0 Å². The number of carbonyl (C=O) groups excluding carboxylic acids is 1. The smallest absolute Gasteiger partial charge is 0.227 e. The molecule has 0 aliphatic carbocycles. The Hall–Kier alpha value is -2.64. The zero-order valence-corrected chi connectivity index (χ0v) is 16.2. The predicted molar refractivity (Wildman–Crippen MR) is 110 cm³/mol. The molecule has 1 aromatic heterocycles. The topological polar surface area (TPSA) is 76.4 Å². The number of hydrogen-bond donors (Lipinski definition) is 2. The number of carbonyl (C=O) groups is 1. The molecule has 0 aliphatic rings. The van der Waals surface area contributed by atoms with Crippen LogP contribution in [-0.2, 0) is 4.79 Å². The molecular formula is C19H18ClN3O3S. The minimum absolute atomic E-state index is 0.183. The molecule has 1 heterocycles. The number of nitrogens with one attached hydrogen (secondary N) is 2. The summed E-state index contributed by atoms with van der Waals surface area (Å²) in [6.07, 6.45) is 0.901. The number of para-hydroxylation sites is 2. The van der Waals surface area contributed by atoms with E-state index >= 15 is 0 Å². The number of hydrogen-bond acceptors (Lipinski definition) is 5. The molecule has 2 aromatic carbocycles. The van der Waals surface area contributed by atoms with Crippen molar-refractivity contribution in [2.24, 2.45) is 0 Å². The fourth-order valence-electron chi connectivity index (χ4n) is 2.50. The zero-order valence-electron chi connectivity index (χ0n) is 14.6. The number of fused-ring (bicyclic) bond motifs is 1. The van der Waals surface area contributed by atoms with Gasteiger partial charge in [-0.1, -0.05) is 12.1 Å². The van der Waals surface area contributed by atoms with Crippen LogP contribution in [0.1, 0.15) is 12.8 Å². The first kappa shape index (κ1) is 19.1. The van der Waals surface area contributed by atoms with Gasteiger partial charge in [-0.2, -0.15) is 0 Å². The van der Waals surface area contributed by atoms with Crippen molar-refractivity contribution in [3.8, 4) is 17.2 Å². The molecule has 0 saturated heterocycles. The molecule has 0 radical (unpaired) electrons. The highest BCUT2D eigenvalue weighted by molar-refractivity contribution is 7.80. The van der Waals surface area contributed by atoms with Crippen molar-refractivity contribution in [3.63, 3.8) is 0 Å². The monoisotopic (exact) mass is 403 g/mol. The maximum Gasteiger partial charge on any atom is 0.227 e. The van der Waals surface area contributed by atoms with Crippen molar-refractivity contribution in [2.75, 3.05) is 18.3 Å². The number of nitrogens with zero attached hydrogens (tertiary/aromatic N) is 1.